The van der Waals surface area contributed by atoms with Crippen molar-refractivity contribution >= 4 is 39.6 Å². The smallest absolute Gasteiger partial charge is 0.329 e. The molecule has 1 heterocycles. The zero-order valence-corrected chi connectivity index (χ0v) is 13.7. The molecule has 2 rings (SSSR count). The summed E-state index contributed by atoms with van der Waals surface area (Å²) in [7, 11) is 0. The van der Waals surface area contributed by atoms with Crippen molar-refractivity contribution in [3.05, 3.63) is 28.7 Å². The predicted molar refractivity (Wildman–Crippen MR) is 83.4 cm³/mol. The van der Waals surface area contributed by atoms with Gasteiger partial charge in [0.05, 0.1) is 5.75 Å². The third kappa shape index (κ3) is 4.46. The summed E-state index contributed by atoms with van der Waals surface area (Å²) in [6.45, 7) is 0.707. The molecule has 21 heavy (non-hydrogen) atoms. The number of thioether (sulfide) groups is 1. The summed E-state index contributed by atoms with van der Waals surface area (Å²) in [6, 6.07) is 7.61. The third-order valence-corrected chi connectivity index (χ3v) is 4.86. The van der Waals surface area contributed by atoms with Gasteiger partial charge in [-0.15, -0.1) is 11.8 Å². The Morgan fingerprint density at radius 2 is 1.90 bits per heavy atom. The molecular formula is C14H16BrNO4S. The Morgan fingerprint density at radius 1 is 1.29 bits per heavy atom. The van der Waals surface area contributed by atoms with E-state index in [1.807, 2.05) is 24.3 Å². The summed E-state index contributed by atoms with van der Waals surface area (Å²) in [4.78, 5) is 24.4. The number of halogens is 1. The van der Waals surface area contributed by atoms with Gasteiger partial charge >= 0.3 is 5.97 Å². The lowest BCUT2D eigenvalue weighted by Crippen LogP contribution is -2.57. The molecule has 0 radical (unpaired) electrons. The minimum Gasteiger partial charge on any atom is -0.480 e. The minimum atomic E-state index is -1.18. The van der Waals surface area contributed by atoms with Crippen molar-refractivity contribution in [2.24, 2.45) is 0 Å². The van der Waals surface area contributed by atoms with Crippen LogP contribution in [0.3, 0.4) is 0 Å². The molecule has 0 aliphatic carbocycles. The molecule has 0 spiro atoms. The number of carbonyl (C=O) groups is 2. The molecule has 0 bridgehead atoms. The first-order chi connectivity index (χ1) is 10.0. The standard InChI is InChI=1S/C14H16BrNO4S/c15-10-1-3-11(4-2-10)21-9-12(17)16-14(13(18)19)5-7-20-8-6-14/h1-4H,5-9H2,(H,16,17)(H,18,19). The highest BCUT2D eigenvalue weighted by Crippen LogP contribution is 2.23. The number of benzene rings is 1. The summed E-state index contributed by atoms with van der Waals surface area (Å²) in [5, 5.41) is 12.0. The van der Waals surface area contributed by atoms with Crippen LogP contribution in [0.2, 0.25) is 0 Å². The highest BCUT2D eigenvalue weighted by molar-refractivity contribution is 9.10. The number of carboxylic acids is 1. The van der Waals surface area contributed by atoms with Crippen molar-refractivity contribution in [1.29, 1.82) is 0 Å². The van der Waals surface area contributed by atoms with Crippen LogP contribution in [0.25, 0.3) is 0 Å². The molecule has 0 atom stereocenters. The number of hydrogen-bond acceptors (Lipinski definition) is 4. The second-order valence-electron chi connectivity index (χ2n) is 4.79. The van der Waals surface area contributed by atoms with Gasteiger partial charge in [0, 0.05) is 35.4 Å². The van der Waals surface area contributed by atoms with Gasteiger partial charge in [0.2, 0.25) is 5.91 Å². The Bertz CT molecular complexity index is 514. The number of aliphatic carboxylic acids is 1. The van der Waals surface area contributed by atoms with Crippen LogP contribution in [-0.2, 0) is 14.3 Å². The van der Waals surface area contributed by atoms with E-state index in [9.17, 15) is 14.7 Å². The van der Waals surface area contributed by atoms with Crippen LogP contribution in [0.4, 0.5) is 0 Å². The van der Waals surface area contributed by atoms with E-state index < -0.39 is 11.5 Å². The lowest BCUT2D eigenvalue weighted by Gasteiger charge is -2.33. The number of ether oxygens (including phenoxy) is 1. The molecule has 114 valence electrons. The van der Waals surface area contributed by atoms with E-state index in [-0.39, 0.29) is 11.7 Å². The second kappa shape index (κ2) is 7.29. The topological polar surface area (TPSA) is 75.6 Å². The maximum Gasteiger partial charge on any atom is 0.329 e. The van der Waals surface area contributed by atoms with Crippen LogP contribution in [0, 0.1) is 0 Å². The van der Waals surface area contributed by atoms with Gasteiger partial charge in [-0.3, -0.25) is 4.79 Å². The van der Waals surface area contributed by atoms with Crippen molar-refractivity contribution in [2.75, 3.05) is 19.0 Å². The molecule has 0 saturated carbocycles. The second-order valence-corrected chi connectivity index (χ2v) is 6.75. The van der Waals surface area contributed by atoms with E-state index in [4.69, 9.17) is 4.74 Å². The fourth-order valence-corrected chi connectivity index (χ4v) is 3.06. The van der Waals surface area contributed by atoms with Gasteiger partial charge in [-0.1, -0.05) is 15.9 Å². The monoisotopic (exact) mass is 373 g/mol. The zero-order valence-electron chi connectivity index (χ0n) is 11.3. The third-order valence-electron chi connectivity index (χ3n) is 3.32. The van der Waals surface area contributed by atoms with E-state index in [1.54, 1.807) is 0 Å². The van der Waals surface area contributed by atoms with Gasteiger partial charge in [-0.05, 0) is 24.3 Å². The molecule has 2 N–H and O–H groups in total. The van der Waals surface area contributed by atoms with E-state index in [0.717, 1.165) is 9.37 Å². The van der Waals surface area contributed by atoms with E-state index in [1.165, 1.54) is 11.8 Å². The summed E-state index contributed by atoms with van der Waals surface area (Å²) in [5.74, 6) is -1.07. The van der Waals surface area contributed by atoms with Crippen LogP contribution < -0.4 is 5.32 Å². The summed E-state index contributed by atoms with van der Waals surface area (Å²) in [5.41, 5.74) is -1.18. The van der Waals surface area contributed by atoms with Crippen LogP contribution in [0.1, 0.15) is 12.8 Å². The van der Waals surface area contributed by atoms with Crippen molar-refractivity contribution in [1.82, 2.24) is 5.32 Å². The Hall–Kier alpha value is -1.05. The first kappa shape index (κ1) is 16.3. The Kier molecular flexibility index (Phi) is 5.66. The van der Waals surface area contributed by atoms with Gasteiger partial charge in [-0.25, -0.2) is 4.79 Å². The first-order valence-electron chi connectivity index (χ1n) is 6.52. The molecular weight excluding hydrogens is 358 g/mol. The lowest BCUT2D eigenvalue weighted by molar-refractivity contribution is -0.151. The number of amides is 1. The first-order valence-corrected chi connectivity index (χ1v) is 8.30. The van der Waals surface area contributed by atoms with Crippen LogP contribution >= 0.6 is 27.7 Å². The number of carboxylic acid groups (broad SMARTS) is 1. The van der Waals surface area contributed by atoms with Crippen molar-refractivity contribution in [3.8, 4) is 0 Å². The summed E-state index contributed by atoms with van der Waals surface area (Å²) < 4.78 is 6.15. The number of rotatable bonds is 5. The van der Waals surface area contributed by atoms with E-state index >= 15 is 0 Å². The fourth-order valence-electron chi connectivity index (χ4n) is 2.09. The Balaban J connectivity index is 1.90. The summed E-state index contributed by atoms with van der Waals surface area (Å²) >= 11 is 4.73. The average molecular weight is 374 g/mol. The zero-order chi connectivity index (χ0) is 15.3. The number of carbonyl (C=O) groups excluding carboxylic acids is 1. The van der Waals surface area contributed by atoms with Crippen LogP contribution in [-0.4, -0.2) is 41.5 Å². The Labute approximate surface area is 135 Å². The highest BCUT2D eigenvalue weighted by Gasteiger charge is 2.41. The van der Waals surface area contributed by atoms with E-state index in [2.05, 4.69) is 21.2 Å². The fraction of sp³-hybridized carbons (Fsp3) is 0.429. The maximum absolute atomic E-state index is 12.0. The molecule has 1 aromatic carbocycles. The number of hydrogen-bond donors (Lipinski definition) is 2. The average Bonchev–Trinajstić information content (AvgIpc) is 2.47. The normalized spacial score (nSPS) is 17.2. The minimum absolute atomic E-state index is 0.192. The van der Waals surface area contributed by atoms with Gasteiger partial charge in [0.25, 0.3) is 0 Å². The largest absolute Gasteiger partial charge is 0.480 e. The van der Waals surface area contributed by atoms with Gasteiger partial charge in [0.1, 0.15) is 5.54 Å². The predicted octanol–water partition coefficient (Wildman–Crippen LogP) is 2.29. The van der Waals surface area contributed by atoms with Gasteiger partial charge in [-0.2, -0.15) is 0 Å². The molecule has 1 saturated heterocycles. The van der Waals surface area contributed by atoms with Gasteiger partial charge < -0.3 is 15.2 Å². The molecule has 5 nitrogen and oxygen atoms in total. The van der Waals surface area contributed by atoms with Crippen LogP contribution in [0.15, 0.2) is 33.6 Å². The molecule has 0 unspecified atom stereocenters. The van der Waals surface area contributed by atoms with Gasteiger partial charge in [0.15, 0.2) is 0 Å². The summed E-state index contributed by atoms with van der Waals surface area (Å²) in [6.07, 6.45) is 0.605. The molecule has 1 aliphatic heterocycles. The highest BCUT2D eigenvalue weighted by atomic mass is 79.9. The molecule has 1 aromatic rings. The lowest BCUT2D eigenvalue weighted by atomic mass is 9.90. The van der Waals surface area contributed by atoms with Crippen molar-refractivity contribution in [3.63, 3.8) is 0 Å². The molecule has 0 aromatic heterocycles. The molecule has 1 fully saturated rings. The SMILES string of the molecule is O=C(CSc1ccc(Br)cc1)NC1(C(=O)O)CCOCC1. The van der Waals surface area contributed by atoms with Crippen molar-refractivity contribution < 1.29 is 19.4 Å². The van der Waals surface area contributed by atoms with Crippen LogP contribution in [0.5, 0.6) is 0 Å². The molecule has 1 amide bonds. The number of nitrogens with one attached hydrogen (secondary N) is 1. The maximum atomic E-state index is 12.0. The molecule has 7 heteroatoms. The van der Waals surface area contributed by atoms with Crippen molar-refractivity contribution in [2.45, 2.75) is 23.3 Å². The molecule has 1 aliphatic rings. The van der Waals surface area contributed by atoms with E-state index in [0.29, 0.717) is 26.1 Å². The quantitative estimate of drug-likeness (QED) is 0.774. The Morgan fingerprint density at radius 3 is 2.48 bits per heavy atom.